The number of rotatable bonds is 2. The topological polar surface area (TPSA) is 67.3 Å². The predicted octanol–water partition coefficient (Wildman–Crippen LogP) is 2.94. The van der Waals surface area contributed by atoms with Crippen LogP contribution in [-0.4, -0.2) is 45.7 Å². The predicted molar refractivity (Wildman–Crippen MR) is 81.5 cm³/mol. The number of halogens is 1. The number of nitrogens with one attached hydrogen (secondary N) is 1. The molecule has 1 saturated heterocycles. The van der Waals surface area contributed by atoms with Crippen molar-refractivity contribution in [2.24, 2.45) is 0 Å². The summed E-state index contributed by atoms with van der Waals surface area (Å²) in [6.07, 6.45) is 4.73. The number of hydrogen-bond acceptors (Lipinski definition) is 5. The van der Waals surface area contributed by atoms with E-state index < -0.39 is 5.60 Å². The highest BCUT2D eigenvalue weighted by Crippen LogP contribution is 2.18. The average molecular weight is 313 g/mol. The maximum Gasteiger partial charge on any atom is 0.410 e. The number of carbonyl (C=O) groups excluding carboxylic acids is 1. The van der Waals surface area contributed by atoms with Crippen molar-refractivity contribution in [1.82, 2.24) is 14.9 Å². The molecule has 2 heterocycles. The first-order valence-electron chi connectivity index (χ1n) is 7.05. The van der Waals surface area contributed by atoms with Crippen LogP contribution in [0.15, 0.2) is 12.4 Å². The van der Waals surface area contributed by atoms with Crippen molar-refractivity contribution in [2.75, 3.05) is 18.4 Å². The zero-order chi connectivity index (χ0) is 15.5. The molecule has 0 spiro atoms. The highest BCUT2D eigenvalue weighted by atomic mass is 35.5. The summed E-state index contributed by atoms with van der Waals surface area (Å²) >= 11 is 5.82. The molecule has 0 aliphatic carbocycles. The Morgan fingerprint density at radius 1 is 1.48 bits per heavy atom. The Labute approximate surface area is 129 Å². The van der Waals surface area contributed by atoms with Gasteiger partial charge in [-0.1, -0.05) is 11.6 Å². The Balaban J connectivity index is 1.93. The Hall–Kier alpha value is -1.56. The molecule has 6 nitrogen and oxygen atoms in total. The van der Waals surface area contributed by atoms with Crippen molar-refractivity contribution >= 4 is 23.5 Å². The molecule has 1 aliphatic rings. The zero-order valence-corrected chi connectivity index (χ0v) is 13.4. The normalized spacial score (nSPS) is 19.2. The first-order chi connectivity index (χ1) is 9.83. The molecule has 7 heteroatoms. The van der Waals surface area contributed by atoms with E-state index in [9.17, 15) is 4.79 Å². The molecule has 1 fully saturated rings. The standard InChI is InChI=1S/C14H21ClN4O2/c1-14(2,3)21-13(20)19-6-4-5-10(9-19)17-12-8-16-7-11(15)18-12/h7-8,10H,4-6,9H2,1-3H3,(H,17,18)/t10-/m1/s1. The van der Waals surface area contributed by atoms with Gasteiger partial charge >= 0.3 is 6.09 Å². The Morgan fingerprint density at radius 2 is 2.24 bits per heavy atom. The van der Waals surface area contributed by atoms with Crippen molar-refractivity contribution in [3.05, 3.63) is 17.5 Å². The molecule has 21 heavy (non-hydrogen) atoms. The summed E-state index contributed by atoms with van der Waals surface area (Å²) in [5, 5.41) is 3.61. The van der Waals surface area contributed by atoms with Crippen LogP contribution in [0.25, 0.3) is 0 Å². The molecule has 1 aliphatic heterocycles. The minimum absolute atomic E-state index is 0.124. The maximum atomic E-state index is 12.1. The lowest BCUT2D eigenvalue weighted by atomic mass is 10.1. The maximum absolute atomic E-state index is 12.1. The van der Waals surface area contributed by atoms with E-state index in [-0.39, 0.29) is 12.1 Å². The number of hydrogen-bond donors (Lipinski definition) is 1. The van der Waals surface area contributed by atoms with Crippen LogP contribution >= 0.6 is 11.6 Å². The molecule has 1 aromatic rings. The molecule has 0 bridgehead atoms. The van der Waals surface area contributed by atoms with Gasteiger partial charge < -0.3 is 15.0 Å². The van der Waals surface area contributed by atoms with E-state index in [1.165, 1.54) is 6.20 Å². The molecule has 2 rings (SSSR count). The third kappa shape index (κ3) is 5.04. The molecule has 0 radical (unpaired) electrons. The van der Waals surface area contributed by atoms with Gasteiger partial charge in [-0.3, -0.25) is 4.98 Å². The van der Waals surface area contributed by atoms with Gasteiger partial charge in [-0.2, -0.15) is 0 Å². The van der Waals surface area contributed by atoms with Crippen LogP contribution in [0.4, 0.5) is 10.6 Å². The summed E-state index contributed by atoms with van der Waals surface area (Å²) in [6.45, 7) is 6.90. The van der Waals surface area contributed by atoms with Gasteiger partial charge in [0.15, 0.2) is 0 Å². The SMILES string of the molecule is CC(C)(C)OC(=O)N1CCC[C@@H](Nc2cncc(Cl)n2)C1. The Bertz CT molecular complexity index is 504. The van der Waals surface area contributed by atoms with Crippen molar-refractivity contribution < 1.29 is 9.53 Å². The number of ether oxygens (including phenoxy) is 1. The second-order valence-electron chi connectivity index (χ2n) is 6.14. The van der Waals surface area contributed by atoms with E-state index in [4.69, 9.17) is 16.3 Å². The number of carbonyl (C=O) groups is 1. The van der Waals surface area contributed by atoms with Crippen LogP contribution < -0.4 is 5.32 Å². The van der Waals surface area contributed by atoms with E-state index in [2.05, 4.69) is 15.3 Å². The van der Waals surface area contributed by atoms with Gasteiger partial charge in [-0.25, -0.2) is 9.78 Å². The third-order valence-corrected chi connectivity index (χ3v) is 3.21. The fourth-order valence-electron chi connectivity index (χ4n) is 2.21. The van der Waals surface area contributed by atoms with Gasteiger partial charge in [0.25, 0.3) is 0 Å². The van der Waals surface area contributed by atoms with Crippen LogP contribution in [0, 0.1) is 0 Å². The van der Waals surface area contributed by atoms with Crippen LogP contribution in [0.5, 0.6) is 0 Å². The van der Waals surface area contributed by atoms with Crippen molar-refractivity contribution in [3.8, 4) is 0 Å². The Kier molecular flexibility index (Phi) is 4.88. The van der Waals surface area contributed by atoms with Crippen LogP contribution in [0.3, 0.4) is 0 Å². The highest BCUT2D eigenvalue weighted by molar-refractivity contribution is 6.29. The quantitative estimate of drug-likeness (QED) is 0.909. The van der Waals surface area contributed by atoms with E-state index in [0.29, 0.717) is 24.1 Å². The minimum Gasteiger partial charge on any atom is -0.444 e. The Morgan fingerprint density at radius 3 is 2.90 bits per heavy atom. The number of piperidine rings is 1. The summed E-state index contributed by atoms with van der Waals surface area (Å²) in [7, 11) is 0. The molecular weight excluding hydrogens is 292 g/mol. The molecule has 0 saturated carbocycles. The first kappa shape index (κ1) is 15.8. The molecule has 1 aromatic heterocycles. The number of nitrogens with zero attached hydrogens (tertiary/aromatic N) is 3. The summed E-state index contributed by atoms with van der Waals surface area (Å²) < 4.78 is 5.40. The monoisotopic (exact) mass is 312 g/mol. The summed E-state index contributed by atoms with van der Waals surface area (Å²) in [4.78, 5) is 22.0. The summed E-state index contributed by atoms with van der Waals surface area (Å²) in [6, 6.07) is 0.124. The van der Waals surface area contributed by atoms with E-state index >= 15 is 0 Å². The third-order valence-electron chi connectivity index (χ3n) is 3.03. The van der Waals surface area contributed by atoms with Crippen LogP contribution in [0.1, 0.15) is 33.6 Å². The molecular formula is C14H21ClN4O2. The lowest BCUT2D eigenvalue weighted by molar-refractivity contribution is 0.0206. The number of likely N-dealkylation sites (tertiary alicyclic amines) is 1. The highest BCUT2D eigenvalue weighted by Gasteiger charge is 2.27. The smallest absolute Gasteiger partial charge is 0.410 e. The van der Waals surface area contributed by atoms with E-state index in [1.54, 1.807) is 11.1 Å². The molecule has 0 aromatic carbocycles. The van der Waals surface area contributed by atoms with Crippen LogP contribution in [0.2, 0.25) is 5.15 Å². The van der Waals surface area contributed by atoms with Gasteiger partial charge in [0, 0.05) is 19.1 Å². The number of amides is 1. The van der Waals surface area contributed by atoms with Crippen molar-refractivity contribution in [2.45, 2.75) is 45.3 Å². The van der Waals surface area contributed by atoms with Crippen molar-refractivity contribution in [3.63, 3.8) is 0 Å². The second kappa shape index (κ2) is 6.47. The van der Waals surface area contributed by atoms with Crippen molar-refractivity contribution in [1.29, 1.82) is 0 Å². The first-order valence-corrected chi connectivity index (χ1v) is 7.43. The van der Waals surface area contributed by atoms with Gasteiger partial charge in [-0.15, -0.1) is 0 Å². The lowest BCUT2D eigenvalue weighted by Gasteiger charge is -2.34. The second-order valence-corrected chi connectivity index (χ2v) is 6.52. The minimum atomic E-state index is -0.476. The average Bonchev–Trinajstić information content (AvgIpc) is 2.37. The largest absolute Gasteiger partial charge is 0.444 e. The number of aromatic nitrogens is 2. The summed E-state index contributed by atoms with van der Waals surface area (Å²) in [5.74, 6) is 0.624. The van der Waals surface area contributed by atoms with Gasteiger partial charge in [-0.05, 0) is 33.6 Å². The molecule has 1 atom stereocenters. The molecule has 0 unspecified atom stereocenters. The van der Waals surface area contributed by atoms with E-state index in [0.717, 1.165) is 12.8 Å². The molecule has 1 amide bonds. The summed E-state index contributed by atoms with van der Waals surface area (Å²) in [5.41, 5.74) is -0.476. The molecule has 1 N–H and O–H groups in total. The molecule has 116 valence electrons. The van der Waals surface area contributed by atoms with E-state index in [1.807, 2.05) is 20.8 Å². The number of anilines is 1. The fourth-order valence-corrected chi connectivity index (χ4v) is 2.36. The van der Waals surface area contributed by atoms with Crippen LogP contribution in [-0.2, 0) is 4.74 Å². The zero-order valence-electron chi connectivity index (χ0n) is 12.6. The van der Waals surface area contributed by atoms with Gasteiger partial charge in [0.2, 0.25) is 0 Å². The fraction of sp³-hybridized carbons (Fsp3) is 0.643. The van der Waals surface area contributed by atoms with Gasteiger partial charge in [0.05, 0.1) is 12.4 Å². The lowest BCUT2D eigenvalue weighted by Crippen LogP contribution is -2.47. The van der Waals surface area contributed by atoms with Gasteiger partial charge in [0.1, 0.15) is 16.6 Å².